The second-order valence-electron chi connectivity index (χ2n) is 2.76. The molecule has 5 heteroatoms. The van der Waals surface area contributed by atoms with Gasteiger partial charge in [0.1, 0.15) is 0 Å². The number of fused-ring (bicyclic) bond motifs is 1. The maximum absolute atomic E-state index is 10.6. The van der Waals surface area contributed by atoms with E-state index in [1.165, 1.54) is 0 Å². The molecule has 0 aliphatic heterocycles. The van der Waals surface area contributed by atoms with E-state index in [2.05, 4.69) is 4.98 Å². The summed E-state index contributed by atoms with van der Waals surface area (Å²) in [5.74, 6) is -0.939. The van der Waals surface area contributed by atoms with Gasteiger partial charge >= 0.3 is 5.97 Å². The van der Waals surface area contributed by atoms with E-state index in [1.807, 2.05) is 24.3 Å². The number of hydrogen-bond donors (Lipinski definition) is 1. The Morgan fingerprint density at radius 2 is 1.80 bits per heavy atom. The molecule has 4 N–H and O–H groups in total. The van der Waals surface area contributed by atoms with Crippen LogP contribution in [0.5, 0.6) is 0 Å². The number of rotatable bonds is 1. The molecule has 1 aromatic carbocycles. The van der Waals surface area contributed by atoms with Gasteiger partial charge in [-0.05, 0) is 12.1 Å². The van der Waals surface area contributed by atoms with E-state index in [4.69, 9.17) is 5.11 Å². The van der Waals surface area contributed by atoms with Gasteiger partial charge < -0.3 is 23.0 Å². The average molecular weight is 228 g/mol. The summed E-state index contributed by atoms with van der Waals surface area (Å²) in [6, 6.07) is 10.9. The molecule has 80 valence electrons. The van der Waals surface area contributed by atoms with Crippen LogP contribution in [0.4, 0.5) is 0 Å². The molecule has 4 nitrogen and oxygen atoms in total. The number of aromatic carboxylic acids is 1. The van der Waals surface area contributed by atoms with Crippen molar-refractivity contribution in [3.05, 3.63) is 42.1 Å². The molecule has 0 spiro atoms. The first-order chi connectivity index (χ1) is 6.27. The number of halogens is 1. The van der Waals surface area contributed by atoms with E-state index < -0.39 is 5.97 Å². The number of benzene rings is 1. The number of H-pyrrole nitrogens is 1. The molecule has 0 bridgehead atoms. The summed E-state index contributed by atoms with van der Waals surface area (Å²) in [6.07, 6.45) is 0. The van der Waals surface area contributed by atoms with E-state index in [9.17, 15) is 4.79 Å². The topological polar surface area (TPSA) is 82.9 Å². The fourth-order valence-electron chi connectivity index (χ4n) is 1.24. The highest BCUT2D eigenvalue weighted by molar-refractivity contribution is 5.86. The highest BCUT2D eigenvalue weighted by atomic mass is 35.5. The zero-order valence-electron chi connectivity index (χ0n) is 7.70. The number of pyridine rings is 1. The van der Waals surface area contributed by atoms with Gasteiger partial charge in [0.05, 0.1) is 0 Å². The van der Waals surface area contributed by atoms with Crippen molar-refractivity contribution in [2.45, 2.75) is 0 Å². The van der Waals surface area contributed by atoms with Crippen LogP contribution in [0.15, 0.2) is 36.4 Å². The van der Waals surface area contributed by atoms with E-state index >= 15 is 0 Å². The molecule has 0 atom stereocenters. The van der Waals surface area contributed by atoms with Gasteiger partial charge in [-0.15, -0.1) is 0 Å². The van der Waals surface area contributed by atoms with Crippen molar-refractivity contribution in [3.8, 4) is 0 Å². The third-order valence-corrected chi connectivity index (χ3v) is 1.89. The number of carboxylic acid groups (broad SMARTS) is 1. The lowest BCUT2D eigenvalue weighted by Crippen LogP contribution is -3.00. The zero-order valence-corrected chi connectivity index (χ0v) is 8.45. The first kappa shape index (κ1) is 13.4. The van der Waals surface area contributed by atoms with Gasteiger partial charge in [-0.3, -0.25) is 0 Å². The van der Waals surface area contributed by atoms with Crippen molar-refractivity contribution in [3.63, 3.8) is 0 Å². The lowest BCUT2D eigenvalue weighted by molar-refractivity contribution is -0.350. The molecule has 0 aliphatic carbocycles. The van der Waals surface area contributed by atoms with Crippen LogP contribution >= 0.6 is 0 Å². The molecule has 2 rings (SSSR count). The van der Waals surface area contributed by atoms with Gasteiger partial charge in [-0.25, -0.2) is 4.79 Å². The zero-order chi connectivity index (χ0) is 9.26. The summed E-state index contributed by atoms with van der Waals surface area (Å²) in [5.41, 5.74) is 1.04. The molecule has 1 heterocycles. The minimum Gasteiger partial charge on any atom is -1.00 e. The predicted octanol–water partition coefficient (Wildman–Crippen LogP) is -2.47. The third kappa shape index (κ3) is 2.65. The maximum Gasteiger partial charge on any atom is 0.401 e. The Morgan fingerprint density at radius 1 is 1.13 bits per heavy atom. The number of aromatic amines is 1. The van der Waals surface area contributed by atoms with Crippen molar-refractivity contribution in [2.24, 2.45) is 0 Å². The van der Waals surface area contributed by atoms with Gasteiger partial charge in [0.25, 0.3) is 5.69 Å². The van der Waals surface area contributed by atoms with E-state index in [0.29, 0.717) is 0 Å². The molecule has 15 heavy (non-hydrogen) atoms. The van der Waals surface area contributed by atoms with Crippen LogP contribution in [-0.2, 0) is 0 Å². The van der Waals surface area contributed by atoms with Crippen molar-refractivity contribution >= 4 is 16.9 Å². The monoisotopic (exact) mass is 227 g/mol. The molecule has 0 unspecified atom stereocenters. The standard InChI is InChI=1S/C10H7NO2.ClH.H2O/c12-10(13)9-6-5-7-3-1-2-4-8(7)11-9;;/h1-6H,(H,12,13);1H;1H2. The molecule has 0 saturated carbocycles. The average Bonchev–Trinajstić information content (AvgIpc) is 2.17. The smallest absolute Gasteiger partial charge is 0.401 e. The Balaban J connectivity index is 0.000000980. The molecular formula is C10H10ClNO3. The van der Waals surface area contributed by atoms with Crippen molar-refractivity contribution < 1.29 is 32.8 Å². The summed E-state index contributed by atoms with van der Waals surface area (Å²) >= 11 is 0. The molecule has 0 radical (unpaired) electrons. The Kier molecular flexibility index (Phi) is 4.70. The van der Waals surface area contributed by atoms with Crippen molar-refractivity contribution in [1.29, 1.82) is 0 Å². The van der Waals surface area contributed by atoms with Gasteiger partial charge in [0.15, 0.2) is 0 Å². The summed E-state index contributed by atoms with van der Waals surface area (Å²) in [4.78, 5) is 13.4. The normalized spacial score (nSPS) is 8.80. The second-order valence-corrected chi connectivity index (χ2v) is 2.76. The molecule has 0 saturated heterocycles. The lowest BCUT2D eigenvalue weighted by Gasteiger charge is -1.91. The van der Waals surface area contributed by atoms with Crippen LogP contribution < -0.4 is 17.4 Å². The fraction of sp³-hybridized carbons (Fsp3) is 0. The molecule has 2 aromatic rings. The summed E-state index contributed by atoms with van der Waals surface area (Å²) in [7, 11) is 0. The van der Waals surface area contributed by atoms with Crippen molar-refractivity contribution in [1.82, 2.24) is 0 Å². The van der Waals surface area contributed by atoms with Gasteiger partial charge in [-0.1, -0.05) is 12.1 Å². The minimum atomic E-state index is -0.939. The first-order valence-electron chi connectivity index (χ1n) is 3.92. The van der Waals surface area contributed by atoms with Crippen LogP contribution in [0.3, 0.4) is 0 Å². The van der Waals surface area contributed by atoms with Gasteiger partial charge in [-0.2, -0.15) is 4.98 Å². The Hall–Kier alpha value is -1.65. The van der Waals surface area contributed by atoms with Gasteiger partial charge in [0.2, 0.25) is 5.52 Å². The largest absolute Gasteiger partial charge is 1.00 e. The molecule has 0 amide bonds. The second kappa shape index (κ2) is 5.29. The quantitative estimate of drug-likeness (QED) is 0.586. The van der Waals surface area contributed by atoms with E-state index in [-0.39, 0.29) is 23.6 Å². The number of carboxylic acids is 1. The Labute approximate surface area is 92.3 Å². The molecular weight excluding hydrogens is 218 g/mol. The SMILES string of the molecule is O.O=C(O)c1ccc2ccccc2[nH+]1.[Cl-]. The maximum atomic E-state index is 10.6. The van der Waals surface area contributed by atoms with Crippen LogP contribution in [0.1, 0.15) is 10.5 Å². The number of aromatic nitrogens is 1. The molecule has 0 aliphatic rings. The number of nitrogens with one attached hydrogen (secondary N) is 1. The van der Waals surface area contributed by atoms with Crippen LogP contribution in [0.25, 0.3) is 10.9 Å². The van der Waals surface area contributed by atoms with Gasteiger partial charge in [0, 0.05) is 17.5 Å². The Morgan fingerprint density at radius 3 is 2.47 bits per heavy atom. The van der Waals surface area contributed by atoms with Crippen LogP contribution in [0, 0.1) is 0 Å². The highest BCUT2D eigenvalue weighted by Crippen LogP contribution is 2.07. The van der Waals surface area contributed by atoms with Crippen LogP contribution in [-0.4, -0.2) is 16.6 Å². The third-order valence-electron chi connectivity index (χ3n) is 1.89. The minimum absolute atomic E-state index is 0. The lowest BCUT2D eigenvalue weighted by atomic mass is 10.2. The Bertz CT molecular complexity index is 473. The van der Waals surface area contributed by atoms with Crippen molar-refractivity contribution in [2.75, 3.05) is 0 Å². The van der Waals surface area contributed by atoms with E-state index in [1.54, 1.807) is 12.1 Å². The van der Waals surface area contributed by atoms with E-state index in [0.717, 1.165) is 10.9 Å². The number of carbonyl (C=O) groups is 1. The summed E-state index contributed by atoms with van der Waals surface area (Å²) in [6.45, 7) is 0. The van der Waals surface area contributed by atoms with Crippen LogP contribution in [0.2, 0.25) is 0 Å². The molecule has 1 aromatic heterocycles. The summed E-state index contributed by atoms with van der Waals surface area (Å²) < 4.78 is 0. The number of para-hydroxylation sites is 1. The predicted molar refractivity (Wildman–Crippen MR) is 51.1 cm³/mol. The fourth-order valence-corrected chi connectivity index (χ4v) is 1.24. The molecule has 0 fully saturated rings. The number of hydrogen-bond acceptors (Lipinski definition) is 1. The first-order valence-corrected chi connectivity index (χ1v) is 3.92. The summed E-state index contributed by atoms with van der Waals surface area (Å²) in [5, 5.41) is 9.72. The highest BCUT2D eigenvalue weighted by Gasteiger charge is 2.11.